The van der Waals surface area contributed by atoms with E-state index in [1.165, 1.54) is 27.9 Å². The number of aromatic nitrogens is 2. The number of benzene rings is 2. The van der Waals surface area contributed by atoms with Gasteiger partial charge in [-0.05, 0) is 24.1 Å². The standard InChI is InChI=1S/C18H17N3/c1-12-17-14-8-4-3-7-13(14)11-21(2)16-10-6-5-9-15(16)18(17)20-19-12/h3-10H,11H2,1-2H3,(H,19,20). The van der Waals surface area contributed by atoms with Crippen LogP contribution in [0.15, 0.2) is 48.5 Å². The van der Waals surface area contributed by atoms with Gasteiger partial charge in [-0.25, -0.2) is 0 Å². The van der Waals surface area contributed by atoms with E-state index in [1.807, 2.05) is 0 Å². The van der Waals surface area contributed by atoms with Crippen LogP contribution in [-0.2, 0) is 6.54 Å². The Labute approximate surface area is 124 Å². The van der Waals surface area contributed by atoms with Gasteiger partial charge in [0.15, 0.2) is 0 Å². The average Bonchev–Trinajstić information content (AvgIpc) is 2.88. The Morgan fingerprint density at radius 3 is 2.57 bits per heavy atom. The summed E-state index contributed by atoms with van der Waals surface area (Å²) in [6.07, 6.45) is 0. The van der Waals surface area contributed by atoms with Gasteiger partial charge in [-0.15, -0.1) is 0 Å². The Morgan fingerprint density at radius 2 is 1.71 bits per heavy atom. The van der Waals surface area contributed by atoms with Crippen LogP contribution in [0.25, 0.3) is 22.4 Å². The van der Waals surface area contributed by atoms with E-state index in [0.717, 1.165) is 17.9 Å². The minimum Gasteiger partial charge on any atom is -0.370 e. The van der Waals surface area contributed by atoms with Crippen molar-refractivity contribution in [2.24, 2.45) is 0 Å². The first-order valence-corrected chi connectivity index (χ1v) is 7.19. The molecule has 0 fully saturated rings. The van der Waals surface area contributed by atoms with Crippen LogP contribution < -0.4 is 4.90 Å². The molecule has 0 atom stereocenters. The predicted octanol–water partition coefficient (Wildman–Crippen LogP) is 4.00. The highest BCUT2D eigenvalue weighted by molar-refractivity contribution is 5.90. The SMILES string of the molecule is Cc1[nH]nc2c1-c1ccccc1CN(C)c1ccccc1-2. The molecule has 0 amide bonds. The molecule has 2 aromatic carbocycles. The van der Waals surface area contributed by atoms with Crippen molar-refractivity contribution >= 4 is 5.69 Å². The molecule has 1 aliphatic rings. The monoisotopic (exact) mass is 275 g/mol. The summed E-state index contributed by atoms with van der Waals surface area (Å²) in [6, 6.07) is 17.1. The smallest absolute Gasteiger partial charge is 0.102 e. The van der Waals surface area contributed by atoms with Gasteiger partial charge in [-0.3, -0.25) is 5.10 Å². The van der Waals surface area contributed by atoms with Crippen molar-refractivity contribution in [1.29, 1.82) is 0 Å². The quantitative estimate of drug-likeness (QED) is 0.672. The second kappa shape index (κ2) is 4.48. The maximum absolute atomic E-state index is 4.58. The van der Waals surface area contributed by atoms with Gasteiger partial charge in [0.2, 0.25) is 0 Å². The molecule has 3 aromatic rings. The summed E-state index contributed by atoms with van der Waals surface area (Å²) in [4.78, 5) is 2.29. The van der Waals surface area contributed by atoms with Gasteiger partial charge in [0.25, 0.3) is 0 Å². The van der Waals surface area contributed by atoms with E-state index in [2.05, 4.69) is 77.6 Å². The molecular formula is C18H17N3. The highest BCUT2D eigenvalue weighted by atomic mass is 15.1. The first kappa shape index (κ1) is 12.2. The molecule has 0 radical (unpaired) electrons. The van der Waals surface area contributed by atoms with E-state index in [1.54, 1.807) is 0 Å². The van der Waals surface area contributed by atoms with Crippen molar-refractivity contribution in [2.45, 2.75) is 13.5 Å². The maximum Gasteiger partial charge on any atom is 0.102 e. The first-order valence-electron chi connectivity index (χ1n) is 7.19. The van der Waals surface area contributed by atoms with Crippen LogP contribution in [0, 0.1) is 6.92 Å². The van der Waals surface area contributed by atoms with Crippen LogP contribution in [0.1, 0.15) is 11.3 Å². The zero-order valence-corrected chi connectivity index (χ0v) is 12.2. The summed E-state index contributed by atoms with van der Waals surface area (Å²) < 4.78 is 0. The summed E-state index contributed by atoms with van der Waals surface area (Å²) >= 11 is 0. The van der Waals surface area contributed by atoms with Crippen LogP contribution in [-0.4, -0.2) is 17.2 Å². The molecule has 21 heavy (non-hydrogen) atoms. The number of nitrogens with one attached hydrogen (secondary N) is 1. The first-order chi connectivity index (χ1) is 10.3. The number of para-hydroxylation sites is 1. The number of H-pyrrole nitrogens is 1. The van der Waals surface area contributed by atoms with Crippen LogP contribution in [0.2, 0.25) is 0 Å². The van der Waals surface area contributed by atoms with Crippen molar-refractivity contribution in [2.75, 3.05) is 11.9 Å². The number of hydrogen-bond donors (Lipinski definition) is 1. The van der Waals surface area contributed by atoms with E-state index in [0.29, 0.717) is 0 Å². The van der Waals surface area contributed by atoms with Gasteiger partial charge >= 0.3 is 0 Å². The average molecular weight is 275 g/mol. The number of nitrogens with zero attached hydrogens (tertiary/aromatic N) is 2. The molecule has 3 heteroatoms. The second-order valence-electron chi connectivity index (χ2n) is 5.60. The van der Waals surface area contributed by atoms with Gasteiger partial charge < -0.3 is 4.90 Å². The fourth-order valence-electron chi connectivity index (χ4n) is 3.20. The fourth-order valence-corrected chi connectivity index (χ4v) is 3.20. The van der Waals surface area contributed by atoms with Crippen molar-refractivity contribution in [1.82, 2.24) is 10.2 Å². The van der Waals surface area contributed by atoms with Gasteiger partial charge in [0.05, 0.1) is 0 Å². The van der Waals surface area contributed by atoms with Crippen LogP contribution in [0.4, 0.5) is 5.69 Å². The lowest BCUT2D eigenvalue weighted by Gasteiger charge is -2.26. The van der Waals surface area contributed by atoms with E-state index < -0.39 is 0 Å². The van der Waals surface area contributed by atoms with Crippen LogP contribution >= 0.6 is 0 Å². The lowest BCUT2D eigenvalue weighted by atomic mass is 9.92. The zero-order chi connectivity index (χ0) is 14.4. The molecule has 0 saturated heterocycles. The molecule has 0 bridgehead atoms. The zero-order valence-electron chi connectivity index (χ0n) is 12.2. The van der Waals surface area contributed by atoms with E-state index >= 15 is 0 Å². The summed E-state index contributed by atoms with van der Waals surface area (Å²) in [5, 5.41) is 7.74. The number of rotatable bonds is 0. The van der Waals surface area contributed by atoms with Gasteiger partial charge in [-0.1, -0.05) is 42.5 Å². The number of aromatic amines is 1. The third-order valence-corrected chi connectivity index (χ3v) is 4.21. The van der Waals surface area contributed by atoms with E-state index in [-0.39, 0.29) is 0 Å². The molecule has 104 valence electrons. The summed E-state index contributed by atoms with van der Waals surface area (Å²) in [7, 11) is 2.14. The van der Waals surface area contributed by atoms with Crippen LogP contribution in [0.3, 0.4) is 0 Å². The van der Waals surface area contributed by atoms with Crippen molar-refractivity contribution < 1.29 is 0 Å². The Kier molecular flexibility index (Phi) is 2.61. The molecule has 0 saturated carbocycles. The second-order valence-corrected chi connectivity index (χ2v) is 5.60. The van der Waals surface area contributed by atoms with Crippen molar-refractivity contribution in [3.8, 4) is 22.4 Å². The Bertz CT molecular complexity index is 817. The molecule has 0 aliphatic carbocycles. The molecule has 2 heterocycles. The molecule has 1 aromatic heterocycles. The molecular weight excluding hydrogens is 258 g/mol. The highest BCUT2D eigenvalue weighted by Crippen LogP contribution is 2.41. The predicted molar refractivity (Wildman–Crippen MR) is 86.3 cm³/mol. The Hall–Kier alpha value is -2.55. The normalized spacial score (nSPS) is 13.0. The molecule has 3 nitrogen and oxygen atoms in total. The molecule has 1 aliphatic heterocycles. The number of anilines is 1. The molecule has 1 N–H and O–H groups in total. The van der Waals surface area contributed by atoms with Gasteiger partial charge in [-0.2, -0.15) is 5.10 Å². The molecule has 0 unspecified atom stereocenters. The van der Waals surface area contributed by atoms with Crippen molar-refractivity contribution in [3.05, 3.63) is 59.8 Å². The van der Waals surface area contributed by atoms with Crippen LogP contribution in [0.5, 0.6) is 0 Å². The molecule has 4 rings (SSSR count). The minimum absolute atomic E-state index is 0.900. The Morgan fingerprint density at radius 1 is 1.00 bits per heavy atom. The largest absolute Gasteiger partial charge is 0.370 e. The lowest BCUT2D eigenvalue weighted by Crippen LogP contribution is -2.19. The number of hydrogen-bond acceptors (Lipinski definition) is 2. The third kappa shape index (κ3) is 1.77. The highest BCUT2D eigenvalue weighted by Gasteiger charge is 2.23. The summed E-state index contributed by atoms with van der Waals surface area (Å²) in [5.74, 6) is 0. The number of aryl methyl sites for hydroxylation is 1. The fraction of sp³-hybridized carbons (Fsp3) is 0.167. The Balaban J connectivity index is 2.11. The summed E-state index contributed by atoms with van der Waals surface area (Å²) in [5.41, 5.74) is 8.42. The minimum atomic E-state index is 0.900. The maximum atomic E-state index is 4.58. The van der Waals surface area contributed by atoms with E-state index in [4.69, 9.17) is 0 Å². The van der Waals surface area contributed by atoms with Crippen molar-refractivity contribution in [3.63, 3.8) is 0 Å². The third-order valence-electron chi connectivity index (χ3n) is 4.21. The summed E-state index contributed by atoms with van der Waals surface area (Å²) in [6.45, 7) is 2.99. The van der Waals surface area contributed by atoms with Gasteiger partial charge in [0.1, 0.15) is 5.69 Å². The topological polar surface area (TPSA) is 31.9 Å². The van der Waals surface area contributed by atoms with Gasteiger partial charge in [0, 0.05) is 36.1 Å². The molecule has 0 spiro atoms. The van der Waals surface area contributed by atoms with E-state index in [9.17, 15) is 0 Å². The lowest BCUT2D eigenvalue weighted by molar-refractivity contribution is 0.922. The number of fused-ring (bicyclic) bond motifs is 5.